The molecule has 6 heteroatoms. The fourth-order valence-electron chi connectivity index (χ4n) is 3.72. The van der Waals surface area contributed by atoms with Crippen molar-refractivity contribution in [3.8, 4) is 0 Å². The topological polar surface area (TPSA) is 66.5 Å². The third-order valence-corrected chi connectivity index (χ3v) is 7.57. The Morgan fingerprint density at radius 1 is 0.794 bits per heavy atom. The van der Waals surface area contributed by atoms with Crippen LogP contribution in [-0.2, 0) is 29.5 Å². The van der Waals surface area contributed by atoms with E-state index in [1.165, 1.54) is 11.1 Å². The molecule has 3 aromatic rings. The molecule has 0 aliphatic rings. The Kier molecular flexibility index (Phi) is 9.42. The zero-order valence-corrected chi connectivity index (χ0v) is 20.9. The fraction of sp³-hybridized carbons (Fsp3) is 0.321. The van der Waals surface area contributed by atoms with Crippen LogP contribution in [0.1, 0.15) is 53.7 Å². The highest BCUT2D eigenvalue weighted by molar-refractivity contribution is 7.91. The van der Waals surface area contributed by atoms with E-state index in [0.29, 0.717) is 17.0 Å². The van der Waals surface area contributed by atoms with Crippen molar-refractivity contribution in [2.75, 3.05) is 12.3 Å². The lowest BCUT2D eigenvalue weighted by Crippen LogP contribution is -2.24. The van der Waals surface area contributed by atoms with Crippen LogP contribution in [0.15, 0.2) is 83.8 Å². The summed E-state index contributed by atoms with van der Waals surface area (Å²) in [6.07, 6.45) is 2.31. The van der Waals surface area contributed by atoms with E-state index in [2.05, 4.69) is 41.4 Å². The van der Waals surface area contributed by atoms with Gasteiger partial charge in [0.1, 0.15) is 0 Å². The summed E-state index contributed by atoms with van der Waals surface area (Å²) < 4.78 is 23.9. The van der Waals surface area contributed by atoms with E-state index in [1.54, 1.807) is 31.2 Å². The number of amides is 1. The van der Waals surface area contributed by atoms with Crippen LogP contribution in [0.3, 0.4) is 0 Å². The first kappa shape index (κ1) is 25.7. The molecule has 3 aromatic carbocycles. The summed E-state index contributed by atoms with van der Waals surface area (Å²) in [6, 6.07) is 24.9. The molecule has 0 atom stereocenters. The maximum absolute atomic E-state index is 12.6. The first-order valence-corrected chi connectivity index (χ1v) is 13.5. The van der Waals surface area contributed by atoms with Crippen LogP contribution in [0.25, 0.3) is 0 Å². The summed E-state index contributed by atoms with van der Waals surface area (Å²) in [5, 5.41) is 2.91. The van der Waals surface area contributed by atoms with Crippen molar-refractivity contribution in [3.63, 3.8) is 0 Å². The van der Waals surface area contributed by atoms with Gasteiger partial charge in [-0.15, -0.1) is 0 Å². The molecule has 0 radical (unpaired) electrons. The van der Waals surface area contributed by atoms with E-state index in [4.69, 9.17) is 0 Å². The van der Waals surface area contributed by atoms with Crippen LogP contribution < -0.4 is 5.32 Å². The molecule has 0 aliphatic heterocycles. The maximum atomic E-state index is 12.6. The summed E-state index contributed by atoms with van der Waals surface area (Å²) in [5.41, 5.74) is 3.94. The molecule has 180 valence electrons. The molecule has 0 heterocycles. The third-order valence-electron chi connectivity index (χ3n) is 5.81. The number of benzene rings is 3. The number of rotatable bonds is 12. The summed E-state index contributed by atoms with van der Waals surface area (Å²) in [4.78, 5) is 15.3. The van der Waals surface area contributed by atoms with E-state index in [-0.39, 0.29) is 11.7 Å². The molecule has 0 aromatic heterocycles. The van der Waals surface area contributed by atoms with Gasteiger partial charge in [0, 0.05) is 25.2 Å². The zero-order chi connectivity index (χ0) is 24.4. The quantitative estimate of drug-likeness (QED) is 0.388. The Bertz CT molecular complexity index is 1140. The smallest absolute Gasteiger partial charge is 0.251 e. The fourth-order valence-corrected chi connectivity index (χ4v) is 4.61. The van der Waals surface area contributed by atoms with Gasteiger partial charge >= 0.3 is 0 Å². The van der Waals surface area contributed by atoms with Gasteiger partial charge < -0.3 is 5.32 Å². The lowest BCUT2D eigenvalue weighted by Gasteiger charge is -2.22. The Labute approximate surface area is 203 Å². The highest BCUT2D eigenvalue weighted by Gasteiger charge is 2.12. The number of hydrogen-bond donors (Lipinski definition) is 1. The Hall–Kier alpha value is -2.96. The van der Waals surface area contributed by atoms with Crippen LogP contribution in [0.5, 0.6) is 0 Å². The summed E-state index contributed by atoms with van der Waals surface area (Å²) in [7, 11) is -3.22. The highest BCUT2D eigenvalue weighted by atomic mass is 32.2. The standard InChI is InChI=1S/C28H34N2O3S/c1-3-5-19-30(21-24-9-7-6-8-10-24)22-25-11-15-26(16-12-25)28(31)29-20-23-13-17-27(18-14-23)34(32,33)4-2/h6-18H,3-5,19-22H2,1-2H3,(H,29,31). The van der Waals surface area contributed by atoms with Crippen LogP contribution in [0.2, 0.25) is 0 Å². The number of unbranched alkanes of at least 4 members (excludes halogenated alkanes) is 1. The van der Waals surface area contributed by atoms with Crippen LogP contribution >= 0.6 is 0 Å². The largest absolute Gasteiger partial charge is 0.348 e. The molecule has 0 spiro atoms. The molecule has 3 rings (SSSR count). The second-order valence-electron chi connectivity index (χ2n) is 8.48. The van der Waals surface area contributed by atoms with E-state index in [9.17, 15) is 13.2 Å². The van der Waals surface area contributed by atoms with E-state index >= 15 is 0 Å². The molecular weight excluding hydrogens is 444 g/mol. The molecule has 1 N–H and O–H groups in total. The van der Waals surface area contributed by atoms with Gasteiger partial charge in [0.2, 0.25) is 0 Å². The zero-order valence-electron chi connectivity index (χ0n) is 20.0. The van der Waals surface area contributed by atoms with Crippen LogP contribution in [-0.4, -0.2) is 31.5 Å². The molecule has 0 fully saturated rings. The van der Waals surface area contributed by atoms with Gasteiger partial charge in [-0.25, -0.2) is 8.42 Å². The van der Waals surface area contributed by atoms with Crippen molar-refractivity contribution in [2.24, 2.45) is 0 Å². The lowest BCUT2D eigenvalue weighted by atomic mass is 10.1. The average Bonchev–Trinajstić information content (AvgIpc) is 2.87. The molecule has 0 aliphatic carbocycles. The molecular formula is C28H34N2O3S. The van der Waals surface area contributed by atoms with Crippen LogP contribution in [0.4, 0.5) is 0 Å². The average molecular weight is 479 g/mol. The summed E-state index contributed by atoms with van der Waals surface area (Å²) >= 11 is 0. The van der Waals surface area contributed by atoms with Gasteiger partial charge in [0.15, 0.2) is 9.84 Å². The minimum absolute atomic E-state index is 0.0711. The van der Waals surface area contributed by atoms with E-state index in [1.807, 2.05) is 30.3 Å². The van der Waals surface area contributed by atoms with E-state index < -0.39 is 9.84 Å². The monoisotopic (exact) mass is 478 g/mol. The minimum atomic E-state index is -3.22. The SMILES string of the molecule is CCCCN(Cc1ccccc1)Cc1ccc(C(=O)NCc2ccc(S(=O)(=O)CC)cc2)cc1. The Morgan fingerprint density at radius 3 is 1.97 bits per heavy atom. The van der Waals surface area contributed by atoms with E-state index in [0.717, 1.165) is 38.0 Å². The number of nitrogens with zero attached hydrogens (tertiary/aromatic N) is 1. The molecule has 0 unspecified atom stereocenters. The van der Waals surface area contributed by atoms with Gasteiger partial charge in [-0.3, -0.25) is 9.69 Å². The van der Waals surface area contributed by atoms with Gasteiger partial charge in [-0.05, 0) is 53.9 Å². The third kappa shape index (κ3) is 7.54. The predicted molar refractivity (Wildman–Crippen MR) is 137 cm³/mol. The Morgan fingerprint density at radius 2 is 1.38 bits per heavy atom. The van der Waals surface area contributed by atoms with Crippen molar-refractivity contribution >= 4 is 15.7 Å². The number of nitrogens with one attached hydrogen (secondary N) is 1. The number of sulfone groups is 1. The molecule has 0 saturated heterocycles. The molecule has 0 bridgehead atoms. The highest BCUT2D eigenvalue weighted by Crippen LogP contribution is 2.14. The van der Waals surface area contributed by atoms with Crippen molar-refractivity contribution < 1.29 is 13.2 Å². The maximum Gasteiger partial charge on any atom is 0.251 e. The second kappa shape index (κ2) is 12.5. The van der Waals surface area contributed by atoms with Crippen molar-refractivity contribution in [1.29, 1.82) is 0 Å². The number of carbonyl (C=O) groups is 1. The summed E-state index contributed by atoms with van der Waals surface area (Å²) in [6.45, 7) is 6.95. The van der Waals surface area contributed by atoms with Crippen molar-refractivity contribution in [3.05, 3.63) is 101 Å². The lowest BCUT2D eigenvalue weighted by molar-refractivity contribution is 0.0951. The van der Waals surface area contributed by atoms with Gasteiger partial charge in [0.05, 0.1) is 10.6 Å². The number of carbonyl (C=O) groups excluding carboxylic acids is 1. The molecule has 1 amide bonds. The first-order valence-electron chi connectivity index (χ1n) is 11.9. The van der Waals surface area contributed by atoms with Crippen molar-refractivity contribution in [1.82, 2.24) is 10.2 Å². The van der Waals surface area contributed by atoms with Gasteiger partial charge in [-0.2, -0.15) is 0 Å². The summed E-state index contributed by atoms with van der Waals surface area (Å²) in [5.74, 6) is -0.0780. The Balaban J connectivity index is 1.56. The molecule has 0 saturated carbocycles. The van der Waals surface area contributed by atoms with Gasteiger partial charge in [0.25, 0.3) is 5.91 Å². The second-order valence-corrected chi connectivity index (χ2v) is 10.8. The predicted octanol–water partition coefficient (Wildman–Crippen LogP) is 5.21. The minimum Gasteiger partial charge on any atom is -0.348 e. The first-order chi connectivity index (χ1) is 16.4. The molecule has 34 heavy (non-hydrogen) atoms. The van der Waals surface area contributed by atoms with Crippen molar-refractivity contribution in [2.45, 2.75) is 51.2 Å². The number of hydrogen-bond acceptors (Lipinski definition) is 4. The van der Waals surface area contributed by atoms with Crippen LogP contribution in [0, 0.1) is 0 Å². The van der Waals surface area contributed by atoms with Gasteiger partial charge in [-0.1, -0.05) is 74.9 Å². The normalized spacial score (nSPS) is 11.5. The molecule has 5 nitrogen and oxygen atoms in total.